The minimum Gasteiger partial charge on any atom is -0.309 e. The Morgan fingerprint density at radius 2 is 1.81 bits per heavy atom. The number of rotatable bonds is 6. The van der Waals surface area contributed by atoms with Gasteiger partial charge in [0.2, 0.25) is 0 Å². The highest BCUT2D eigenvalue weighted by atomic mass is 35.5. The lowest BCUT2D eigenvalue weighted by atomic mass is 9.95. The fourth-order valence-corrected chi connectivity index (χ4v) is 3.58. The molecular formula is C18H27ClN2. The van der Waals surface area contributed by atoms with Crippen LogP contribution in [0.15, 0.2) is 24.3 Å². The zero-order valence-electron chi connectivity index (χ0n) is 13.0. The molecule has 3 rings (SSSR count). The van der Waals surface area contributed by atoms with E-state index in [0.29, 0.717) is 6.04 Å². The number of benzene rings is 1. The first-order valence-electron chi connectivity index (χ1n) is 8.47. The van der Waals surface area contributed by atoms with Gasteiger partial charge >= 0.3 is 0 Å². The summed E-state index contributed by atoms with van der Waals surface area (Å²) in [7, 11) is 0. The van der Waals surface area contributed by atoms with Crippen molar-refractivity contribution in [3.8, 4) is 0 Å². The Labute approximate surface area is 133 Å². The number of halogens is 1. The molecule has 2 fully saturated rings. The van der Waals surface area contributed by atoms with E-state index in [4.69, 9.17) is 11.6 Å². The summed E-state index contributed by atoms with van der Waals surface area (Å²) in [5.74, 6) is 1.68. The molecule has 1 aliphatic carbocycles. The summed E-state index contributed by atoms with van der Waals surface area (Å²) in [5, 5.41) is 4.69. The van der Waals surface area contributed by atoms with Crippen LogP contribution in [0.25, 0.3) is 0 Å². The summed E-state index contributed by atoms with van der Waals surface area (Å²) in [6.07, 6.45) is 5.43. The van der Waals surface area contributed by atoms with E-state index in [2.05, 4.69) is 29.3 Å². The van der Waals surface area contributed by atoms with Crippen molar-refractivity contribution >= 4 is 11.6 Å². The van der Waals surface area contributed by atoms with Gasteiger partial charge in [-0.1, -0.05) is 30.7 Å². The summed E-state index contributed by atoms with van der Waals surface area (Å²) >= 11 is 6.01. The zero-order chi connectivity index (χ0) is 14.7. The molecule has 2 nitrogen and oxygen atoms in total. The third kappa shape index (κ3) is 4.21. The van der Waals surface area contributed by atoms with Crippen molar-refractivity contribution in [1.82, 2.24) is 10.2 Å². The molecule has 1 aromatic carbocycles. The monoisotopic (exact) mass is 306 g/mol. The van der Waals surface area contributed by atoms with E-state index in [1.165, 1.54) is 57.4 Å². The van der Waals surface area contributed by atoms with Crippen LogP contribution in [0.2, 0.25) is 5.02 Å². The first-order chi connectivity index (χ1) is 10.3. The minimum absolute atomic E-state index is 0.534. The van der Waals surface area contributed by atoms with Crippen molar-refractivity contribution in [3.63, 3.8) is 0 Å². The van der Waals surface area contributed by atoms with Gasteiger partial charge in [0, 0.05) is 11.1 Å². The highest BCUT2D eigenvalue weighted by Crippen LogP contribution is 2.41. The number of piperidine rings is 1. The number of likely N-dealkylation sites (tertiary alicyclic amines) is 1. The lowest BCUT2D eigenvalue weighted by Crippen LogP contribution is -2.38. The Hall–Kier alpha value is -0.570. The second-order valence-corrected chi connectivity index (χ2v) is 7.09. The molecule has 1 unspecified atom stereocenters. The summed E-state index contributed by atoms with van der Waals surface area (Å²) < 4.78 is 0. The van der Waals surface area contributed by atoms with E-state index >= 15 is 0 Å². The zero-order valence-corrected chi connectivity index (χ0v) is 13.8. The lowest BCUT2D eigenvalue weighted by molar-refractivity contribution is 0.186. The standard InChI is InChI=1S/C18H27ClN2/c1-2-21-11-9-14(10-12-21)13-20-18(15-3-4-15)16-5-7-17(19)8-6-16/h5-8,14-15,18,20H,2-4,9-13H2,1H3. The molecule has 1 saturated heterocycles. The molecule has 1 N–H and O–H groups in total. The maximum atomic E-state index is 6.01. The molecule has 0 bridgehead atoms. The average molecular weight is 307 g/mol. The molecule has 0 radical (unpaired) electrons. The fourth-order valence-electron chi connectivity index (χ4n) is 3.46. The van der Waals surface area contributed by atoms with Crippen molar-refractivity contribution in [1.29, 1.82) is 0 Å². The minimum atomic E-state index is 0.534. The Morgan fingerprint density at radius 3 is 2.38 bits per heavy atom. The molecule has 21 heavy (non-hydrogen) atoms. The first-order valence-corrected chi connectivity index (χ1v) is 8.85. The van der Waals surface area contributed by atoms with Crippen LogP contribution < -0.4 is 5.32 Å². The van der Waals surface area contributed by atoms with E-state index in [-0.39, 0.29) is 0 Å². The van der Waals surface area contributed by atoms with Gasteiger partial charge in [-0.2, -0.15) is 0 Å². The van der Waals surface area contributed by atoms with Gasteiger partial charge in [0.15, 0.2) is 0 Å². The summed E-state index contributed by atoms with van der Waals surface area (Å²) in [6.45, 7) is 7.19. The van der Waals surface area contributed by atoms with Gasteiger partial charge in [0.25, 0.3) is 0 Å². The molecule has 3 heteroatoms. The Kier molecular flexibility index (Phi) is 5.20. The molecule has 1 aromatic rings. The summed E-state index contributed by atoms with van der Waals surface area (Å²) in [4.78, 5) is 2.56. The van der Waals surface area contributed by atoms with Crippen LogP contribution in [0, 0.1) is 11.8 Å². The quantitative estimate of drug-likeness (QED) is 0.851. The van der Waals surface area contributed by atoms with Gasteiger partial charge in [-0.15, -0.1) is 0 Å². The van der Waals surface area contributed by atoms with Gasteiger partial charge in [0.1, 0.15) is 0 Å². The number of hydrogen-bond donors (Lipinski definition) is 1. The van der Waals surface area contributed by atoms with Crippen LogP contribution in [0.3, 0.4) is 0 Å². The molecule has 0 spiro atoms. The third-order valence-corrected chi connectivity index (χ3v) is 5.36. The van der Waals surface area contributed by atoms with E-state index in [1.54, 1.807) is 0 Å². The van der Waals surface area contributed by atoms with Gasteiger partial charge in [0.05, 0.1) is 0 Å². The van der Waals surface area contributed by atoms with Gasteiger partial charge in [-0.05, 0) is 81.4 Å². The van der Waals surface area contributed by atoms with E-state index in [0.717, 1.165) is 16.9 Å². The number of nitrogens with zero attached hydrogens (tertiary/aromatic N) is 1. The van der Waals surface area contributed by atoms with Crippen molar-refractivity contribution in [3.05, 3.63) is 34.9 Å². The molecule has 116 valence electrons. The number of hydrogen-bond acceptors (Lipinski definition) is 2. The molecule has 1 saturated carbocycles. The van der Waals surface area contributed by atoms with Crippen LogP contribution in [-0.4, -0.2) is 31.1 Å². The highest BCUT2D eigenvalue weighted by molar-refractivity contribution is 6.30. The predicted octanol–water partition coefficient (Wildman–Crippen LogP) is 4.11. The molecular weight excluding hydrogens is 280 g/mol. The third-order valence-electron chi connectivity index (χ3n) is 5.10. The van der Waals surface area contributed by atoms with E-state index in [1.807, 2.05) is 12.1 Å². The van der Waals surface area contributed by atoms with E-state index < -0.39 is 0 Å². The maximum Gasteiger partial charge on any atom is 0.0406 e. The number of nitrogens with one attached hydrogen (secondary N) is 1. The van der Waals surface area contributed by atoms with E-state index in [9.17, 15) is 0 Å². The lowest BCUT2D eigenvalue weighted by Gasteiger charge is -2.32. The topological polar surface area (TPSA) is 15.3 Å². The van der Waals surface area contributed by atoms with Crippen molar-refractivity contribution < 1.29 is 0 Å². The van der Waals surface area contributed by atoms with Crippen molar-refractivity contribution in [2.24, 2.45) is 11.8 Å². The maximum absolute atomic E-state index is 6.01. The van der Waals surface area contributed by atoms with Gasteiger partial charge < -0.3 is 10.2 Å². The highest BCUT2D eigenvalue weighted by Gasteiger charge is 2.32. The largest absolute Gasteiger partial charge is 0.309 e. The summed E-state index contributed by atoms with van der Waals surface area (Å²) in [5.41, 5.74) is 1.41. The Balaban J connectivity index is 1.53. The normalized spacial score (nSPS) is 22.4. The van der Waals surface area contributed by atoms with Gasteiger partial charge in [-0.3, -0.25) is 0 Å². The SMILES string of the molecule is CCN1CCC(CNC(c2ccc(Cl)cc2)C2CC2)CC1. The summed E-state index contributed by atoms with van der Waals surface area (Å²) in [6, 6.07) is 8.96. The molecule has 0 aromatic heterocycles. The average Bonchev–Trinajstić information content (AvgIpc) is 3.35. The predicted molar refractivity (Wildman–Crippen MR) is 89.8 cm³/mol. The van der Waals surface area contributed by atoms with Crippen LogP contribution in [-0.2, 0) is 0 Å². The second-order valence-electron chi connectivity index (χ2n) is 6.65. The van der Waals surface area contributed by atoms with Crippen molar-refractivity contribution in [2.45, 2.75) is 38.6 Å². The molecule has 2 aliphatic rings. The smallest absolute Gasteiger partial charge is 0.0406 e. The Bertz CT molecular complexity index is 433. The molecule has 1 atom stereocenters. The van der Waals surface area contributed by atoms with Crippen LogP contribution >= 0.6 is 11.6 Å². The van der Waals surface area contributed by atoms with Gasteiger partial charge in [-0.25, -0.2) is 0 Å². The molecule has 1 heterocycles. The first kappa shape index (κ1) is 15.3. The fraction of sp³-hybridized carbons (Fsp3) is 0.667. The molecule has 1 aliphatic heterocycles. The Morgan fingerprint density at radius 1 is 1.14 bits per heavy atom. The molecule has 0 amide bonds. The second kappa shape index (κ2) is 7.13. The van der Waals surface area contributed by atoms with Crippen LogP contribution in [0.4, 0.5) is 0 Å². The van der Waals surface area contributed by atoms with Crippen molar-refractivity contribution in [2.75, 3.05) is 26.2 Å². The van der Waals surface area contributed by atoms with Crippen LogP contribution in [0.1, 0.15) is 44.2 Å². The van der Waals surface area contributed by atoms with Crippen LogP contribution in [0.5, 0.6) is 0 Å².